The number of benzene rings is 2. The molecule has 0 N–H and O–H groups in total. The van der Waals surface area contributed by atoms with Gasteiger partial charge < -0.3 is 9.64 Å². The fourth-order valence-electron chi connectivity index (χ4n) is 4.32. The van der Waals surface area contributed by atoms with Crippen molar-refractivity contribution in [2.24, 2.45) is 5.92 Å². The molecule has 0 bridgehead atoms. The lowest BCUT2D eigenvalue weighted by atomic mass is 10.1. The smallest absolute Gasteiger partial charge is 0.225 e. The maximum absolute atomic E-state index is 5.46. The van der Waals surface area contributed by atoms with Crippen molar-refractivity contribution in [1.82, 2.24) is 14.9 Å². The monoisotopic (exact) mass is 374 g/mol. The van der Waals surface area contributed by atoms with E-state index >= 15 is 0 Å². The molecule has 3 heterocycles. The topological polar surface area (TPSA) is 41.5 Å². The van der Waals surface area contributed by atoms with Crippen molar-refractivity contribution in [1.29, 1.82) is 0 Å². The molecule has 2 fully saturated rings. The minimum atomic E-state index is 0.686. The van der Waals surface area contributed by atoms with Crippen LogP contribution < -0.4 is 4.90 Å². The van der Waals surface area contributed by atoms with E-state index in [4.69, 9.17) is 9.72 Å². The summed E-state index contributed by atoms with van der Waals surface area (Å²) in [5.74, 6) is 1.54. The highest BCUT2D eigenvalue weighted by molar-refractivity contribution is 5.86. The number of morpholine rings is 1. The first-order valence-electron chi connectivity index (χ1n) is 10.2. The van der Waals surface area contributed by atoms with Crippen LogP contribution in [-0.4, -0.2) is 60.8 Å². The molecule has 2 saturated heterocycles. The molecule has 0 spiro atoms. The van der Waals surface area contributed by atoms with E-state index in [9.17, 15) is 0 Å². The van der Waals surface area contributed by atoms with Gasteiger partial charge in [0, 0.05) is 44.5 Å². The largest absolute Gasteiger partial charge is 0.379 e. The van der Waals surface area contributed by atoms with E-state index in [1.54, 1.807) is 0 Å². The molecule has 0 aliphatic carbocycles. The normalized spacial score (nSPS) is 20.7. The van der Waals surface area contributed by atoms with Gasteiger partial charge in [0.25, 0.3) is 0 Å². The Hall–Kier alpha value is -2.50. The minimum absolute atomic E-state index is 0.686. The Morgan fingerprint density at radius 1 is 0.964 bits per heavy atom. The Balaban J connectivity index is 1.31. The van der Waals surface area contributed by atoms with Crippen molar-refractivity contribution in [3.8, 4) is 11.3 Å². The summed E-state index contributed by atoms with van der Waals surface area (Å²) < 4.78 is 5.46. The second kappa shape index (κ2) is 7.86. The molecule has 5 nitrogen and oxygen atoms in total. The minimum Gasteiger partial charge on any atom is -0.379 e. The van der Waals surface area contributed by atoms with Gasteiger partial charge in [0.2, 0.25) is 5.95 Å². The molecule has 5 rings (SSSR count). The number of anilines is 1. The van der Waals surface area contributed by atoms with Gasteiger partial charge in [0.15, 0.2) is 0 Å². The van der Waals surface area contributed by atoms with Gasteiger partial charge in [-0.3, -0.25) is 4.90 Å². The van der Waals surface area contributed by atoms with Gasteiger partial charge in [-0.2, -0.15) is 0 Å². The van der Waals surface area contributed by atoms with E-state index < -0.39 is 0 Å². The van der Waals surface area contributed by atoms with E-state index in [-0.39, 0.29) is 0 Å². The third-order valence-electron chi connectivity index (χ3n) is 5.88. The summed E-state index contributed by atoms with van der Waals surface area (Å²) >= 11 is 0. The number of nitrogens with zero attached hydrogens (tertiary/aromatic N) is 4. The molecule has 3 aromatic rings. The Morgan fingerprint density at radius 3 is 2.71 bits per heavy atom. The predicted octanol–water partition coefficient (Wildman–Crippen LogP) is 3.46. The molecule has 5 heteroatoms. The van der Waals surface area contributed by atoms with Gasteiger partial charge in [0.1, 0.15) is 0 Å². The molecule has 144 valence electrons. The zero-order valence-corrected chi connectivity index (χ0v) is 16.1. The van der Waals surface area contributed by atoms with Crippen LogP contribution in [0.15, 0.2) is 54.7 Å². The van der Waals surface area contributed by atoms with E-state index in [1.165, 1.54) is 17.2 Å². The van der Waals surface area contributed by atoms with Crippen molar-refractivity contribution in [3.63, 3.8) is 0 Å². The second-order valence-electron chi connectivity index (χ2n) is 7.82. The first-order valence-corrected chi connectivity index (χ1v) is 10.2. The average molecular weight is 374 g/mol. The first kappa shape index (κ1) is 17.6. The van der Waals surface area contributed by atoms with E-state index in [1.807, 2.05) is 12.3 Å². The van der Waals surface area contributed by atoms with Crippen LogP contribution in [0.3, 0.4) is 0 Å². The Labute approximate surface area is 166 Å². The molecule has 2 aliphatic rings. The molecule has 0 saturated carbocycles. The highest BCUT2D eigenvalue weighted by Crippen LogP contribution is 2.26. The summed E-state index contributed by atoms with van der Waals surface area (Å²) in [6, 6.07) is 17.0. The van der Waals surface area contributed by atoms with Gasteiger partial charge in [-0.25, -0.2) is 9.97 Å². The van der Waals surface area contributed by atoms with Crippen LogP contribution >= 0.6 is 0 Å². The summed E-state index contributed by atoms with van der Waals surface area (Å²) in [5.41, 5.74) is 2.14. The molecule has 1 unspecified atom stereocenters. The first-order chi connectivity index (χ1) is 13.8. The van der Waals surface area contributed by atoms with Crippen LogP contribution in [0, 0.1) is 5.92 Å². The standard InChI is InChI=1S/C23H26N4O/c1-2-4-20-15-21(6-5-19(20)3-1)22-7-9-24-23(25-22)27-10-8-18(17-27)16-26-11-13-28-14-12-26/h1-7,9,15,18H,8,10-14,16-17H2. The molecule has 0 amide bonds. The van der Waals surface area contributed by atoms with Crippen LogP contribution in [0.2, 0.25) is 0 Å². The van der Waals surface area contributed by atoms with E-state index in [2.05, 4.69) is 57.2 Å². The predicted molar refractivity (Wildman–Crippen MR) is 113 cm³/mol. The fraction of sp³-hybridized carbons (Fsp3) is 0.391. The molecule has 28 heavy (non-hydrogen) atoms. The molecule has 0 radical (unpaired) electrons. The molecule has 2 aliphatic heterocycles. The highest BCUT2D eigenvalue weighted by atomic mass is 16.5. The third kappa shape index (κ3) is 3.73. The Morgan fingerprint density at radius 2 is 1.82 bits per heavy atom. The highest BCUT2D eigenvalue weighted by Gasteiger charge is 2.26. The van der Waals surface area contributed by atoms with Crippen LogP contribution in [0.5, 0.6) is 0 Å². The maximum atomic E-state index is 5.46. The van der Waals surface area contributed by atoms with Gasteiger partial charge in [-0.05, 0) is 35.2 Å². The van der Waals surface area contributed by atoms with E-state index in [0.29, 0.717) is 5.92 Å². The summed E-state index contributed by atoms with van der Waals surface area (Å²) in [4.78, 5) is 14.3. The third-order valence-corrected chi connectivity index (χ3v) is 5.88. The van der Waals surface area contributed by atoms with Crippen molar-refractivity contribution < 1.29 is 4.74 Å². The van der Waals surface area contributed by atoms with Crippen LogP contribution in [-0.2, 0) is 4.74 Å². The summed E-state index contributed by atoms with van der Waals surface area (Å²) in [5, 5.41) is 2.50. The zero-order chi connectivity index (χ0) is 18.8. The summed E-state index contributed by atoms with van der Waals surface area (Å²) in [6.45, 7) is 7.09. The second-order valence-corrected chi connectivity index (χ2v) is 7.82. The lowest BCUT2D eigenvalue weighted by Gasteiger charge is -2.29. The molecular weight excluding hydrogens is 348 g/mol. The molecule has 1 aromatic heterocycles. The lowest BCUT2D eigenvalue weighted by Crippen LogP contribution is -2.40. The van der Waals surface area contributed by atoms with Crippen LogP contribution in [0.1, 0.15) is 6.42 Å². The van der Waals surface area contributed by atoms with E-state index in [0.717, 1.165) is 63.1 Å². The molecule has 1 atom stereocenters. The number of hydrogen-bond donors (Lipinski definition) is 0. The number of rotatable bonds is 4. The Bertz CT molecular complexity index is 954. The summed E-state index contributed by atoms with van der Waals surface area (Å²) in [7, 11) is 0. The number of ether oxygens (including phenoxy) is 1. The SMILES string of the molecule is c1ccc2cc(-c3ccnc(N4CCC(CN5CCOCC5)C4)n3)ccc2c1. The fourth-order valence-corrected chi connectivity index (χ4v) is 4.32. The van der Waals surface area contributed by atoms with Crippen LogP contribution in [0.4, 0.5) is 5.95 Å². The van der Waals surface area contributed by atoms with Gasteiger partial charge in [0.05, 0.1) is 18.9 Å². The van der Waals surface area contributed by atoms with Crippen molar-refractivity contribution in [2.75, 3.05) is 50.8 Å². The lowest BCUT2D eigenvalue weighted by molar-refractivity contribution is 0.0320. The van der Waals surface area contributed by atoms with Crippen molar-refractivity contribution >= 4 is 16.7 Å². The van der Waals surface area contributed by atoms with Gasteiger partial charge in [-0.15, -0.1) is 0 Å². The van der Waals surface area contributed by atoms with Gasteiger partial charge in [-0.1, -0.05) is 36.4 Å². The number of hydrogen-bond acceptors (Lipinski definition) is 5. The van der Waals surface area contributed by atoms with Gasteiger partial charge >= 0.3 is 0 Å². The Kier molecular flexibility index (Phi) is 4.93. The van der Waals surface area contributed by atoms with Crippen molar-refractivity contribution in [2.45, 2.75) is 6.42 Å². The van der Waals surface area contributed by atoms with Crippen molar-refractivity contribution in [3.05, 3.63) is 54.7 Å². The molecule has 2 aromatic carbocycles. The van der Waals surface area contributed by atoms with Crippen LogP contribution in [0.25, 0.3) is 22.0 Å². The number of aromatic nitrogens is 2. The number of fused-ring (bicyclic) bond motifs is 1. The molecular formula is C23H26N4O. The summed E-state index contributed by atoms with van der Waals surface area (Å²) in [6.07, 6.45) is 3.10. The quantitative estimate of drug-likeness (QED) is 0.700. The zero-order valence-electron chi connectivity index (χ0n) is 16.1. The maximum Gasteiger partial charge on any atom is 0.225 e. The average Bonchev–Trinajstić information content (AvgIpc) is 3.23.